The van der Waals surface area contributed by atoms with Gasteiger partial charge in [0, 0.05) is 11.9 Å². The highest BCUT2D eigenvalue weighted by Gasteiger charge is 2.31. The Morgan fingerprint density at radius 3 is 2.83 bits per heavy atom. The van der Waals surface area contributed by atoms with Crippen LogP contribution < -0.4 is 15.5 Å². The van der Waals surface area contributed by atoms with E-state index < -0.39 is 18.0 Å². The minimum atomic E-state index is -1.06. The Balaban J connectivity index is 1.62. The van der Waals surface area contributed by atoms with Crippen molar-refractivity contribution in [2.75, 3.05) is 28.6 Å². The molecule has 1 aromatic heterocycles. The number of para-hydroxylation sites is 2. The minimum absolute atomic E-state index is 0.127. The van der Waals surface area contributed by atoms with Gasteiger partial charge in [0.05, 0.1) is 11.4 Å². The van der Waals surface area contributed by atoms with Gasteiger partial charge in [-0.15, -0.1) is 11.3 Å². The van der Waals surface area contributed by atoms with Crippen LogP contribution in [0.1, 0.15) is 37.7 Å². The number of thiazole rings is 1. The highest BCUT2D eigenvalue weighted by molar-refractivity contribution is 7.13. The number of fused-ring (bicyclic) bond motifs is 1. The number of hydrogen-bond acceptors (Lipinski definition) is 7. The minimum Gasteiger partial charge on any atom is -0.448 e. The van der Waals surface area contributed by atoms with Crippen LogP contribution in [0.2, 0.25) is 0 Å². The van der Waals surface area contributed by atoms with Crippen LogP contribution in [-0.2, 0) is 14.3 Å². The van der Waals surface area contributed by atoms with Crippen LogP contribution in [0, 0.1) is 5.92 Å². The molecule has 0 bridgehead atoms. The summed E-state index contributed by atoms with van der Waals surface area (Å²) in [6.07, 6.45) is -0.0593. The third-order valence-electron chi connectivity index (χ3n) is 4.38. The van der Waals surface area contributed by atoms with Gasteiger partial charge in [-0.25, -0.2) is 9.78 Å². The number of carbonyl (C=O) groups excluding carboxylic acids is 3. The monoisotopic (exact) mass is 416 g/mol. The van der Waals surface area contributed by atoms with Crippen LogP contribution in [0.4, 0.5) is 16.5 Å². The number of anilines is 3. The van der Waals surface area contributed by atoms with Gasteiger partial charge < -0.3 is 15.4 Å². The fourth-order valence-electron chi connectivity index (χ4n) is 2.84. The molecule has 154 valence electrons. The first kappa shape index (κ1) is 20.8. The van der Waals surface area contributed by atoms with Crippen LogP contribution in [0.25, 0.3) is 0 Å². The van der Waals surface area contributed by atoms with Gasteiger partial charge in [-0.3, -0.25) is 14.5 Å². The van der Waals surface area contributed by atoms with Crippen molar-refractivity contribution < 1.29 is 19.1 Å². The second-order valence-electron chi connectivity index (χ2n) is 7.18. The lowest BCUT2D eigenvalue weighted by molar-refractivity contribution is -0.128. The number of benzene rings is 1. The maximum atomic E-state index is 12.8. The molecule has 0 fully saturated rings. The molecule has 0 saturated heterocycles. The van der Waals surface area contributed by atoms with Crippen LogP contribution in [0.3, 0.4) is 0 Å². The first-order valence-electron chi connectivity index (χ1n) is 9.45. The van der Waals surface area contributed by atoms with E-state index in [-0.39, 0.29) is 18.1 Å². The molecule has 2 amide bonds. The number of rotatable bonds is 7. The Morgan fingerprint density at radius 2 is 2.07 bits per heavy atom. The van der Waals surface area contributed by atoms with E-state index in [1.165, 1.54) is 23.2 Å². The molecule has 0 radical (unpaired) electrons. The van der Waals surface area contributed by atoms with Gasteiger partial charge in [0.2, 0.25) is 5.91 Å². The standard InChI is InChI=1S/C20H24N4O4S/c1-12(2)8-9-21-20-23-15(11-29-20)19(27)28-13(3)18(26)24-10-17(25)22-14-6-4-5-7-16(14)24/h4-7,11-13H,8-10H2,1-3H3,(H,21,23)(H,22,25)/t13-/m0/s1. The zero-order valence-corrected chi connectivity index (χ0v) is 17.4. The van der Waals surface area contributed by atoms with Crippen LogP contribution in [0.5, 0.6) is 0 Å². The lowest BCUT2D eigenvalue weighted by Crippen LogP contribution is -2.47. The molecule has 2 N–H and O–H groups in total. The molecule has 1 aromatic carbocycles. The molecule has 1 atom stereocenters. The maximum Gasteiger partial charge on any atom is 0.358 e. The first-order chi connectivity index (χ1) is 13.8. The molecule has 1 aliphatic heterocycles. The molecular weight excluding hydrogens is 392 g/mol. The first-order valence-corrected chi connectivity index (χ1v) is 10.3. The van der Waals surface area contributed by atoms with Crippen molar-refractivity contribution in [2.45, 2.75) is 33.3 Å². The Labute approximate surface area is 173 Å². The second kappa shape index (κ2) is 9.04. The molecule has 8 nitrogen and oxygen atoms in total. The van der Waals surface area contributed by atoms with E-state index in [0.29, 0.717) is 22.4 Å². The fourth-order valence-corrected chi connectivity index (χ4v) is 3.55. The molecule has 0 aliphatic carbocycles. The lowest BCUT2D eigenvalue weighted by atomic mass is 10.1. The van der Waals surface area contributed by atoms with Crippen LogP contribution >= 0.6 is 11.3 Å². The Bertz CT molecular complexity index is 911. The third-order valence-corrected chi connectivity index (χ3v) is 5.18. The molecule has 0 unspecified atom stereocenters. The highest BCUT2D eigenvalue weighted by atomic mass is 32.1. The van der Waals surface area contributed by atoms with E-state index in [1.54, 1.807) is 29.6 Å². The lowest BCUT2D eigenvalue weighted by Gasteiger charge is -2.30. The fraction of sp³-hybridized carbons (Fsp3) is 0.400. The number of hydrogen-bond donors (Lipinski definition) is 2. The van der Waals surface area contributed by atoms with Crippen molar-refractivity contribution in [3.63, 3.8) is 0 Å². The van der Waals surface area contributed by atoms with Gasteiger partial charge in [-0.05, 0) is 31.4 Å². The van der Waals surface area contributed by atoms with Crippen LogP contribution in [-0.4, -0.2) is 42.0 Å². The number of nitrogens with one attached hydrogen (secondary N) is 2. The van der Waals surface area contributed by atoms with E-state index in [1.807, 2.05) is 0 Å². The Kier molecular flexibility index (Phi) is 6.48. The zero-order chi connectivity index (χ0) is 21.0. The number of amides is 2. The molecular formula is C20H24N4O4S. The Morgan fingerprint density at radius 1 is 1.31 bits per heavy atom. The summed E-state index contributed by atoms with van der Waals surface area (Å²) >= 11 is 1.31. The third kappa shape index (κ3) is 5.11. The number of esters is 1. The van der Waals surface area contributed by atoms with Crippen molar-refractivity contribution in [3.05, 3.63) is 35.3 Å². The highest BCUT2D eigenvalue weighted by Crippen LogP contribution is 2.29. The van der Waals surface area contributed by atoms with E-state index in [4.69, 9.17) is 4.74 Å². The van der Waals surface area contributed by atoms with E-state index in [0.717, 1.165) is 13.0 Å². The predicted octanol–water partition coefficient (Wildman–Crippen LogP) is 3.13. The summed E-state index contributed by atoms with van der Waals surface area (Å²) in [6.45, 7) is 6.40. The van der Waals surface area contributed by atoms with Gasteiger partial charge in [-0.1, -0.05) is 26.0 Å². The van der Waals surface area contributed by atoms with Crippen molar-refractivity contribution in [1.29, 1.82) is 0 Å². The topological polar surface area (TPSA) is 101 Å². The Hall–Kier alpha value is -2.94. The summed E-state index contributed by atoms with van der Waals surface area (Å²) in [6, 6.07) is 6.99. The molecule has 1 aliphatic rings. The number of aromatic nitrogens is 1. The van der Waals surface area contributed by atoms with Gasteiger partial charge in [-0.2, -0.15) is 0 Å². The number of ether oxygens (including phenoxy) is 1. The molecule has 0 saturated carbocycles. The van der Waals surface area contributed by atoms with Crippen molar-refractivity contribution >= 4 is 45.6 Å². The van der Waals surface area contributed by atoms with Crippen molar-refractivity contribution in [1.82, 2.24) is 4.98 Å². The zero-order valence-electron chi connectivity index (χ0n) is 16.6. The van der Waals surface area contributed by atoms with E-state index >= 15 is 0 Å². The van der Waals surface area contributed by atoms with Crippen molar-refractivity contribution in [3.8, 4) is 0 Å². The SMILES string of the molecule is CC(C)CCNc1nc(C(=O)O[C@@H](C)C(=O)N2CC(=O)Nc3ccccc32)cs1. The summed E-state index contributed by atoms with van der Waals surface area (Å²) in [5.41, 5.74) is 1.27. The molecule has 2 aromatic rings. The van der Waals surface area contributed by atoms with E-state index in [2.05, 4.69) is 29.5 Å². The molecule has 9 heteroatoms. The average Bonchev–Trinajstić information content (AvgIpc) is 3.15. The van der Waals surface area contributed by atoms with E-state index in [9.17, 15) is 14.4 Å². The smallest absolute Gasteiger partial charge is 0.358 e. The second-order valence-corrected chi connectivity index (χ2v) is 8.04. The normalized spacial score (nSPS) is 14.2. The molecule has 2 heterocycles. The van der Waals surface area contributed by atoms with Crippen LogP contribution in [0.15, 0.2) is 29.6 Å². The van der Waals surface area contributed by atoms with Gasteiger partial charge in [0.15, 0.2) is 16.9 Å². The van der Waals surface area contributed by atoms with Gasteiger partial charge in [0.1, 0.15) is 6.54 Å². The maximum absolute atomic E-state index is 12.8. The molecule has 29 heavy (non-hydrogen) atoms. The predicted molar refractivity (Wildman–Crippen MR) is 112 cm³/mol. The summed E-state index contributed by atoms with van der Waals surface area (Å²) in [5.74, 6) is -0.868. The summed E-state index contributed by atoms with van der Waals surface area (Å²) in [4.78, 5) is 42.7. The molecule has 3 rings (SSSR count). The average molecular weight is 417 g/mol. The number of carbonyl (C=O) groups is 3. The quantitative estimate of drug-likeness (QED) is 0.673. The largest absolute Gasteiger partial charge is 0.448 e. The van der Waals surface area contributed by atoms with Crippen molar-refractivity contribution in [2.24, 2.45) is 5.92 Å². The summed E-state index contributed by atoms with van der Waals surface area (Å²) in [7, 11) is 0. The molecule has 0 spiro atoms. The van der Waals surface area contributed by atoms with Gasteiger partial charge in [0.25, 0.3) is 5.91 Å². The van der Waals surface area contributed by atoms with Gasteiger partial charge >= 0.3 is 5.97 Å². The summed E-state index contributed by atoms with van der Waals surface area (Å²) < 4.78 is 5.31. The number of nitrogens with zero attached hydrogens (tertiary/aromatic N) is 2. The summed E-state index contributed by atoms with van der Waals surface area (Å²) in [5, 5.41) is 8.13.